The fourth-order valence-electron chi connectivity index (χ4n) is 2.95. The average Bonchev–Trinajstić information content (AvgIpc) is 2.54. The highest BCUT2D eigenvalue weighted by atomic mass is 19.1. The van der Waals surface area contributed by atoms with Gasteiger partial charge in [0.2, 0.25) is 0 Å². The molecule has 1 aliphatic heterocycles. The van der Waals surface area contributed by atoms with E-state index < -0.39 is 0 Å². The SMILES string of the molecule is CCCN1CCC(N(C)C(=O)NCc2ccccc2F)CC1. The fraction of sp³-hybridized carbons (Fsp3) is 0.588. The number of hydrogen-bond acceptors (Lipinski definition) is 2. The summed E-state index contributed by atoms with van der Waals surface area (Å²) in [6, 6.07) is 6.67. The number of amides is 2. The molecule has 122 valence electrons. The van der Waals surface area contributed by atoms with Crippen LogP contribution in [0.3, 0.4) is 0 Å². The van der Waals surface area contributed by atoms with Crippen molar-refractivity contribution in [3.63, 3.8) is 0 Å². The van der Waals surface area contributed by atoms with Gasteiger partial charge in [-0.2, -0.15) is 0 Å². The zero-order valence-corrected chi connectivity index (χ0v) is 13.5. The predicted octanol–water partition coefficient (Wildman–Crippen LogP) is 2.84. The van der Waals surface area contributed by atoms with Crippen LogP contribution in [0.5, 0.6) is 0 Å². The molecule has 0 aromatic heterocycles. The molecule has 2 rings (SSSR count). The molecule has 0 unspecified atom stereocenters. The van der Waals surface area contributed by atoms with Crippen molar-refractivity contribution in [2.24, 2.45) is 0 Å². The minimum absolute atomic E-state index is 0.128. The van der Waals surface area contributed by atoms with Gasteiger partial charge in [0.05, 0.1) is 0 Å². The molecule has 1 aromatic rings. The van der Waals surface area contributed by atoms with Gasteiger partial charge >= 0.3 is 6.03 Å². The van der Waals surface area contributed by atoms with Crippen molar-refractivity contribution in [3.8, 4) is 0 Å². The van der Waals surface area contributed by atoms with Crippen LogP contribution >= 0.6 is 0 Å². The Balaban J connectivity index is 1.79. The molecule has 0 bridgehead atoms. The third kappa shape index (κ3) is 4.44. The molecule has 1 fully saturated rings. The lowest BCUT2D eigenvalue weighted by atomic mass is 10.0. The van der Waals surface area contributed by atoms with Crippen LogP contribution in [0.2, 0.25) is 0 Å². The minimum atomic E-state index is -0.279. The average molecular weight is 307 g/mol. The largest absolute Gasteiger partial charge is 0.334 e. The third-order valence-electron chi connectivity index (χ3n) is 4.35. The first-order valence-corrected chi connectivity index (χ1v) is 8.08. The van der Waals surface area contributed by atoms with Gasteiger partial charge in [-0.05, 0) is 31.9 Å². The van der Waals surface area contributed by atoms with Crippen molar-refractivity contribution < 1.29 is 9.18 Å². The minimum Gasteiger partial charge on any atom is -0.334 e. The molecule has 1 aromatic carbocycles. The predicted molar refractivity (Wildman–Crippen MR) is 86.2 cm³/mol. The van der Waals surface area contributed by atoms with Crippen LogP contribution in [0.1, 0.15) is 31.7 Å². The van der Waals surface area contributed by atoms with E-state index in [0.29, 0.717) is 5.56 Å². The van der Waals surface area contributed by atoms with Crippen LogP contribution in [0.15, 0.2) is 24.3 Å². The number of nitrogens with one attached hydrogen (secondary N) is 1. The molecule has 0 atom stereocenters. The second kappa shape index (κ2) is 8.13. The van der Waals surface area contributed by atoms with Crippen molar-refractivity contribution in [1.29, 1.82) is 0 Å². The van der Waals surface area contributed by atoms with Gasteiger partial charge in [-0.1, -0.05) is 25.1 Å². The summed E-state index contributed by atoms with van der Waals surface area (Å²) in [6.07, 6.45) is 3.18. The van der Waals surface area contributed by atoms with E-state index in [4.69, 9.17) is 0 Å². The second-order valence-electron chi connectivity index (χ2n) is 5.93. The first kappa shape index (κ1) is 16.7. The molecule has 0 spiro atoms. The van der Waals surface area contributed by atoms with Crippen LogP contribution < -0.4 is 5.32 Å². The molecule has 22 heavy (non-hydrogen) atoms. The first-order chi connectivity index (χ1) is 10.6. The summed E-state index contributed by atoms with van der Waals surface area (Å²) in [6.45, 7) is 5.64. The summed E-state index contributed by atoms with van der Waals surface area (Å²) >= 11 is 0. The lowest BCUT2D eigenvalue weighted by Gasteiger charge is -2.36. The lowest BCUT2D eigenvalue weighted by Crippen LogP contribution is -2.48. The van der Waals surface area contributed by atoms with Crippen LogP contribution in [0.25, 0.3) is 0 Å². The van der Waals surface area contributed by atoms with E-state index in [1.54, 1.807) is 23.1 Å². The molecule has 1 heterocycles. The van der Waals surface area contributed by atoms with Crippen molar-refractivity contribution in [3.05, 3.63) is 35.6 Å². The Kier molecular flexibility index (Phi) is 6.19. The van der Waals surface area contributed by atoms with Gasteiger partial charge < -0.3 is 15.1 Å². The van der Waals surface area contributed by atoms with Crippen LogP contribution in [0.4, 0.5) is 9.18 Å². The first-order valence-electron chi connectivity index (χ1n) is 8.08. The van der Waals surface area contributed by atoms with Gasteiger partial charge in [0.1, 0.15) is 5.82 Å². The number of nitrogens with zero attached hydrogens (tertiary/aromatic N) is 2. The van der Waals surface area contributed by atoms with Gasteiger partial charge in [0.25, 0.3) is 0 Å². The Morgan fingerprint density at radius 2 is 2.05 bits per heavy atom. The molecule has 1 N–H and O–H groups in total. The van der Waals surface area contributed by atoms with Crippen LogP contribution in [0, 0.1) is 5.82 Å². The standard InChI is InChI=1S/C17H26FN3O/c1-3-10-21-11-8-15(9-12-21)20(2)17(22)19-13-14-6-4-5-7-16(14)18/h4-7,15H,3,8-13H2,1-2H3,(H,19,22). The Labute approximate surface area is 132 Å². The maximum absolute atomic E-state index is 13.5. The van der Waals surface area contributed by atoms with E-state index in [-0.39, 0.29) is 24.4 Å². The van der Waals surface area contributed by atoms with Crippen molar-refractivity contribution >= 4 is 6.03 Å². The Hall–Kier alpha value is -1.62. The van der Waals surface area contributed by atoms with E-state index in [2.05, 4.69) is 17.1 Å². The number of hydrogen-bond donors (Lipinski definition) is 1. The molecule has 0 radical (unpaired) electrons. The summed E-state index contributed by atoms with van der Waals surface area (Å²) in [5, 5.41) is 2.81. The number of carbonyl (C=O) groups excluding carboxylic acids is 1. The van der Waals surface area contributed by atoms with Gasteiger partial charge in [-0.15, -0.1) is 0 Å². The van der Waals surface area contributed by atoms with E-state index in [1.807, 2.05) is 7.05 Å². The molecule has 1 aliphatic rings. The molecule has 0 saturated carbocycles. The van der Waals surface area contributed by atoms with Crippen molar-refractivity contribution in [2.45, 2.75) is 38.8 Å². The third-order valence-corrected chi connectivity index (χ3v) is 4.35. The molecular weight excluding hydrogens is 281 g/mol. The van der Waals surface area contributed by atoms with Crippen molar-refractivity contribution in [1.82, 2.24) is 15.1 Å². The number of likely N-dealkylation sites (tertiary alicyclic amines) is 1. The molecule has 4 nitrogen and oxygen atoms in total. The van der Waals surface area contributed by atoms with E-state index >= 15 is 0 Å². The lowest BCUT2D eigenvalue weighted by molar-refractivity contribution is 0.134. The second-order valence-corrected chi connectivity index (χ2v) is 5.93. The van der Waals surface area contributed by atoms with Crippen LogP contribution in [-0.2, 0) is 6.54 Å². The number of benzene rings is 1. The van der Waals surface area contributed by atoms with Gasteiger partial charge in [0.15, 0.2) is 0 Å². The van der Waals surface area contributed by atoms with Crippen molar-refractivity contribution in [2.75, 3.05) is 26.7 Å². The van der Waals surface area contributed by atoms with Crippen LogP contribution in [-0.4, -0.2) is 48.6 Å². The summed E-state index contributed by atoms with van der Waals surface area (Å²) in [7, 11) is 1.83. The highest BCUT2D eigenvalue weighted by Gasteiger charge is 2.24. The molecule has 5 heteroatoms. The van der Waals surface area contributed by atoms with Gasteiger partial charge in [-0.3, -0.25) is 0 Å². The normalized spacial score (nSPS) is 16.5. The summed E-state index contributed by atoms with van der Waals surface area (Å²) < 4.78 is 13.5. The molecule has 2 amide bonds. The fourth-order valence-corrected chi connectivity index (χ4v) is 2.95. The number of piperidine rings is 1. The Morgan fingerprint density at radius 1 is 1.36 bits per heavy atom. The smallest absolute Gasteiger partial charge is 0.317 e. The quantitative estimate of drug-likeness (QED) is 0.908. The summed E-state index contributed by atoms with van der Waals surface area (Å²) in [5.41, 5.74) is 0.516. The van der Waals surface area contributed by atoms with E-state index in [9.17, 15) is 9.18 Å². The Morgan fingerprint density at radius 3 is 2.68 bits per heavy atom. The molecule has 0 aliphatic carbocycles. The highest BCUT2D eigenvalue weighted by Crippen LogP contribution is 2.16. The summed E-state index contributed by atoms with van der Waals surface area (Å²) in [5.74, 6) is -0.279. The van der Waals surface area contributed by atoms with E-state index in [0.717, 1.165) is 32.5 Å². The monoisotopic (exact) mass is 307 g/mol. The maximum atomic E-state index is 13.5. The zero-order valence-electron chi connectivity index (χ0n) is 13.5. The number of urea groups is 1. The number of halogens is 1. The number of carbonyl (C=O) groups is 1. The molecular formula is C17H26FN3O. The number of rotatable bonds is 5. The topological polar surface area (TPSA) is 35.6 Å². The molecule has 1 saturated heterocycles. The maximum Gasteiger partial charge on any atom is 0.317 e. The Bertz CT molecular complexity index is 487. The summed E-state index contributed by atoms with van der Waals surface area (Å²) in [4.78, 5) is 16.4. The van der Waals surface area contributed by atoms with E-state index in [1.165, 1.54) is 12.5 Å². The zero-order chi connectivity index (χ0) is 15.9. The highest BCUT2D eigenvalue weighted by molar-refractivity contribution is 5.74. The van der Waals surface area contributed by atoms with Gasteiger partial charge in [0, 0.05) is 38.3 Å². The van der Waals surface area contributed by atoms with Gasteiger partial charge in [-0.25, -0.2) is 9.18 Å².